The monoisotopic (exact) mass is 169 g/mol. The van der Waals surface area contributed by atoms with E-state index in [1.165, 1.54) is 45.1 Å². The number of hydrogen-bond acceptors (Lipinski definition) is 1. The van der Waals surface area contributed by atoms with Crippen molar-refractivity contribution in [3.05, 3.63) is 0 Å². The Kier molecular flexibility index (Phi) is 4.67. The maximum atomic E-state index is 3.65. The number of unbranched alkanes of at least 4 members (excludes halogenated alkanes) is 1. The zero-order valence-electron chi connectivity index (χ0n) is 8.60. The third-order valence-corrected chi connectivity index (χ3v) is 3.08. The lowest BCUT2D eigenvalue weighted by atomic mass is 10.1. The van der Waals surface area contributed by atoms with E-state index in [4.69, 9.17) is 0 Å². The van der Waals surface area contributed by atoms with Crippen molar-refractivity contribution in [3.63, 3.8) is 0 Å². The van der Waals surface area contributed by atoms with Gasteiger partial charge in [-0.2, -0.15) is 0 Å². The first-order valence-corrected chi connectivity index (χ1v) is 5.60. The summed E-state index contributed by atoms with van der Waals surface area (Å²) in [4.78, 5) is 0. The lowest BCUT2D eigenvalue weighted by Crippen LogP contribution is -2.27. The molecule has 1 N–H and O–H groups in total. The summed E-state index contributed by atoms with van der Waals surface area (Å²) in [6.45, 7) is 5.81. The standard InChI is InChI=1S/C11H23N/c1-3-5-8-12-11-7-6-10(4-2)9-11/h10-12H,3-9H2,1-2H3. The highest BCUT2D eigenvalue weighted by molar-refractivity contribution is 4.79. The second-order valence-corrected chi connectivity index (χ2v) is 4.09. The molecule has 2 atom stereocenters. The molecular weight excluding hydrogens is 146 g/mol. The fourth-order valence-corrected chi connectivity index (χ4v) is 2.11. The Balaban J connectivity index is 2.03. The number of hydrogen-bond donors (Lipinski definition) is 1. The molecule has 2 unspecified atom stereocenters. The van der Waals surface area contributed by atoms with Gasteiger partial charge in [0.15, 0.2) is 0 Å². The van der Waals surface area contributed by atoms with E-state index in [1.54, 1.807) is 0 Å². The Bertz CT molecular complexity index is 112. The Morgan fingerprint density at radius 1 is 1.25 bits per heavy atom. The summed E-state index contributed by atoms with van der Waals surface area (Å²) in [6.07, 6.45) is 8.35. The van der Waals surface area contributed by atoms with Crippen LogP contribution in [0.1, 0.15) is 52.4 Å². The first-order chi connectivity index (χ1) is 5.86. The van der Waals surface area contributed by atoms with Crippen LogP contribution in [0.15, 0.2) is 0 Å². The third-order valence-electron chi connectivity index (χ3n) is 3.08. The minimum atomic E-state index is 0.849. The maximum Gasteiger partial charge on any atom is 0.00698 e. The lowest BCUT2D eigenvalue weighted by Gasteiger charge is -2.11. The molecule has 0 aromatic heterocycles. The lowest BCUT2D eigenvalue weighted by molar-refractivity contribution is 0.472. The van der Waals surface area contributed by atoms with E-state index >= 15 is 0 Å². The molecule has 0 bridgehead atoms. The van der Waals surface area contributed by atoms with Crippen LogP contribution < -0.4 is 5.32 Å². The fraction of sp³-hybridized carbons (Fsp3) is 1.00. The first kappa shape index (κ1) is 10.0. The van der Waals surface area contributed by atoms with Gasteiger partial charge in [-0.05, 0) is 38.1 Å². The van der Waals surface area contributed by atoms with Gasteiger partial charge in [-0.15, -0.1) is 0 Å². The largest absolute Gasteiger partial charge is 0.314 e. The molecule has 1 aliphatic carbocycles. The predicted octanol–water partition coefficient (Wildman–Crippen LogP) is 2.95. The van der Waals surface area contributed by atoms with Crippen LogP contribution in [0.4, 0.5) is 0 Å². The molecule has 0 heterocycles. The average Bonchev–Trinajstić information content (AvgIpc) is 2.53. The van der Waals surface area contributed by atoms with Gasteiger partial charge in [0, 0.05) is 6.04 Å². The van der Waals surface area contributed by atoms with Crippen molar-refractivity contribution in [2.75, 3.05) is 6.54 Å². The van der Waals surface area contributed by atoms with Crippen LogP contribution in [-0.4, -0.2) is 12.6 Å². The summed E-state index contributed by atoms with van der Waals surface area (Å²) < 4.78 is 0. The van der Waals surface area contributed by atoms with Crippen LogP contribution in [0.3, 0.4) is 0 Å². The second kappa shape index (κ2) is 5.58. The topological polar surface area (TPSA) is 12.0 Å². The number of nitrogens with one attached hydrogen (secondary N) is 1. The Hall–Kier alpha value is -0.0400. The summed E-state index contributed by atoms with van der Waals surface area (Å²) in [5, 5.41) is 3.65. The first-order valence-electron chi connectivity index (χ1n) is 5.60. The van der Waals surface area contributed by atoms with Crippen molar-refractivity contribution in [2.24, 2.45) is 5.92 Å². The molecule has 1 fully saturated rings. The summed E-state index contributed by atoms with van der Waals surface area (Å²) in [5.74, 6) is 1.02. The zero-order valence-corrected chi connectivity index (χ0v) is 8.60. The van der Waals surface area contributed by atoms with E-state index in [-0.39, 0.29) is 0 Å². The molecule has 0 radical (unpaired) electrons. The molecule has 1 aliphatic rings. The Morgan fingerprint density at radius 2 is 2.08 bits per heavy atom. The van der Waals surface area contributed by atoms with E-state index < -0.39 is 0 Å². The van der Waals surface area contributed by atoms with Crippen molar-refractivity contribution in [1.82, 2.24) is 5.32 Å². The fourth-order valence-electron chi connectivity index (χ4n) is 2.11. The highest BCUT2D eigenvalue weighted by atomic mass is 14.9. The molecule has 0 spiro atoms. The molecular formula is C11H23N. The van der Waals surface area contributed by atoms with Gasteiger partial charge in [-0.3, -0.25) is 0 Å². The van der Waals surface area contributed by atoms with Gasteiger partial charge in [0.05, 0.1) is 0 Å². The van der Waals surface area contributed by atoms with Crippen LogP contribution in [0.25, 0.3) is 0 Å². The normalized spacial score (nSPS) is 29.5. The SMILES string of the molecule is CCCCNC1CCC(CC)C1. The van der Waals surface area contributed by atoms with Crippen molar-refractivity contribution < 1.29 is 0 Å². The molecule has 1 heteroatoms. The quantitative estimate of drug-likeness (QED) is 0.624. The van der Waals surface area contributed by atoms with Gasteiger partial charge in [-0.1, -0.05) is 26.7 Å². The van der Waals surface area contributed by atoms with Gasteiger partial charge >= 0.3 is 0 Å². The van der Waals surface area contributed by atoms with Crippen LogP contribution in [0, 0.1) is 5.92 Å². The van der Waals surface area contributed by atoms with Gasteiger partial charge in [0.2, 0.25) is 0 Å². The molecule has 0 saturated heterocycles. The maximum absolute atomic E-state index is 3.65. The van der Waals surface area contributed by atoms with Crippen molar-refractivity contribution in [1.29, 1.82) is 0 Å². The predicted molar refractivity (Wildman–Crippen MR) is 54.3 cm³/mol. The second-order valence-electron chi connectivity index (χ2n) is 4.09. The summed E-state index contributed by atoms with van der Waals surface area (Å²) in [6, 6.07) is 0.849. The van der Waals surface area contributed by atoms with Crippen molar-refractivity contribution in [3.8, 4) is 0 Å². The van der Waals surface area contributed by atoms with E-state index in [0.29, 0.717) is 0 Å². The van der Waals surface area contributed by atoms with Crippen molar-refractivity contribution in [2.45, 2.75) is 58.4 Å². The highest BCUT2D eigenvalue weighted by Gasteiger charge is 2.21. The highest BCUT2D eigenvalue weighted by Crippen LogP contribution is 2.27. The minimum Gasteiger partial charge on any atom is -0.314 e. The average molecular weight is 169 g/mol. The van der Waals surface area contributed by atoms with Gasteiger partial charge in [-0.25, -0.2) is 0 Å². The van der Waals surface area contributed by atoms with E-state index in [9.17, 15) is 0 Å². The van der Waals surface area contributed by atoms with Crippen LogP contribution >= 0.6 is 0 Å². The smallest absolute Gasteiger partial charge is 0.00698 e. The Morgan fingerprint density at radius 3 is 2.67 bits per heavy atom. The summed E-state index contributed by atoms with van der Waals surface area (Å²) in [7, 11) is 0. The van der Waals surface area contributed by atoms with E-state index in [1.807, 2.05) is 0 Å². The molecule has 12 heavy (non-hydrogen) atoms. The van der Waals surface area contributed by atoms with E-state index in [2.05, 4.69) is 19.2 Å². The van der Waals surface area contributed by atoms with Crippen LogP contribution in [0.5, 0.6) is 0 Å². The van der Waals surface area contributed by atoms with Gasteiger partial charge in [0.1, 0.15) is 0 Å². The van der Waals surface area contributed by atoms with Gasteiger partial charge < -0.3 is 5.32 Å². The minimum absolute atomic E-state index is 0.849. The molecule has 0 aliphatic heterocycles. The van der Waals surface area contributed by atoms with Crippen molar-refractivity contribution >= 4 is 0 Å². The van der Waals surface area contributed by atoms with Gasteiger partial charge in [0.25, 0.3) is 0 Å². The zero-order chi connectivity index (χ0) is 8.81. The van der Waals surface area contributed by atoms with Crippen LogP contribution in [-0.2, 0) is 0 Å². The summed E-state index contributed by atoms with van der Waals surface area (Å²) >= 11 is 0. The third kappa shape index (κ3) is 3.14. The molecule has 1 nitrogen and oxygen atoms in total. The number of rotatable bonds is 5. The summed E-state index contributed by atoms with van der Waals surface area (Å²) in [5.41, 5.74) is 0. The molecule has 72 valence electrons. The Labute approximate surface area is 76.9 Å². The molecule has 0 amide bonds. The van der Waals surface area contributed by atoms with E-state index in [0.717, 1.165) is 12.0 Å². The molecule has 1 saturated carbocycles. The molecule has 0 aromatic rings. The molecule has 1 rings (SSSR count). The van der Waals surface area contributed by atoms with Crippen LogP contribution in [0.2, 0.25) is 0 Å². The molecule has 0 aromatic carbocycles.